The average Bonchev–Trinajstić information content (AvgIpc) is 2.67. The van der Waals surface area contributed by atoms with E-state index in [1.807, 2.05) is 0 Å². The standard InChI is InChI=1S/C12H15ClN2O3/c1-14-7-8(13)6-10(14)11(16)15-5-3-2-4-9(15)12(17)18/h6-7,9H,2-5H2,1H3,(H,17,18)/t9-/m1/s1. The molecule has 1 amide bonds. The second-order valence-corrected chi connectivity index (χ2v) is 4.94. The summed E-state index contributed by atoms with van der Waals surface area (Å²) in [6.45, 7) is 0.485. The lowest BCUT2D eigenvalue weighted by Gasteiger charge is -2.32. The highest BCUT2D eigenvalue weighted by Crippen LogP contribution is 2.21. The zero-order valence-electron chi connectivity index (χ0n) is 10.1. The minimum absolute atomic E-state index is 0.267. The zero-order chi connectivity index (χ0) is 13.3. The third-order valence-electron chi connectivity index (χ3n) is 3.24. The van der Waals surface area contributed by atoms with E-state index in [4.69, 9.17) is 16.7 Å². The van der Waals surface area contributed by atoms with Crippen LogP contribution in [0.15, 0.2) is 12.3 Å². The molecule has 6 heteroatoms. The number of hydrogen-bond donors (Lipinski definition) is 1. The van der Waals surface area contributed by atoms with Gasteiger partial charge in [-0.15, -0.1) is 0 Å². The van der Waals surface area contributed by atoms with Crippen LogP contribution in [-0.4, -0.2) is 39.0 Å². The molecule has 98 valence electrons. The number of carboxylic acids is 1. The van der Waals surface area contributed by atoms with Gasteiger partial charge in [-0.2, -0.15) is 0 Å². The van der Waals surface area contributed by atoms with Crippen LogP contribution in [0.2, 0.25) is 5.02 Å². The number of carbonyl (C=O) groups excluding carboxylic acids is 1. The van der Waals surface area contributed by atoms with Gasteiger partial charge in [0.05, 0.1) is 5.02 Å². The third-order valence-corrected chi connectivity index (χ3v) is 3.45. The van der Waals surface area contributed by atoms with Crippen molar-refractivity contribution in [1.29, 1.82) is 0 Å². The first-order chi connectivity index (χ1) is 8.50. The Morgan fingerprint density at radius 2 is 2.17 bits per heavy atom. The lowest BCUT2D eigenvalue weighted by Crippen LogP contribution is -2.48. The summed E-state index contributed by atoms with van der Waals surface area (Å²) in [4.78, 5) is 24.9. The van der Waals surface area contributed by atoms with Gasteiger partial charge in [0.1, 0.15) is 11.7 Å². The Morgan fingerprint density at radius 1 is 1.44 bits per heavy atom. The largest absolute Gasteiger partial charge is 0.480 e. The molecule has 1 aliphatic rings. The zero-order valence-corrected chi connectivity index (χ0v) is 10.9. The van der Waals surface area contributed by atoms with E-state index >= 15 is 0 Å². The Balaban J connectivity index is 2.26. The van der Waals surface area contributed by atoms with E-state index in [1.165, 1.54) is 4.90 Å². The summed E-state index contributed by atoms with van der Waals surface area (Å²) in [5, 5.41) is 9.63. The maximum Gasteiger partial charge on any atom is 0.326 e. The van der Waals surface area contributed by atoms with Crippen molar-refractivity contribution in [1.82, 2.24) is 9.47 Å². The molecule has 5 nitrogen and oxygen atoms in total. The predicted molar refractivity (Wildman–Crippen MR) is 66.7 cm³/mol. The molecule has 1 saturated heterocycles. The van der Waals surface area contributed by atoms with Crippen molar-refractivity contribution in [2.45, 2.75) is 25.3 Å². The topological polar surface area (TPSA) is 62.5 Å². The van der Waals surface area contributed by atoms with Crippen LogP contribution in [0.25, 0.3) is 0 Å². The summed E-state index contributed by atoms with van der Waals surface area (Å²) in [5.74, 6) is -1.21. The number of aliphatic carboxylic acids is 1. The molecule has 1 atom stereocenters. The number of carbonyl (C=O) groups is 2. The minimum Gasteiger partial charge on any atom is -0.480 e. The molecule has 0 aromatic carbocycles. The van der Waals surface area contributed by atoms with Crippen LogP contribution in [0, 0.1) is 0 Å². The monoisotopic (exact) mass is 270 g/mol. The Labute approximate surface area is 110 Å². The van der Waals surface area contributed by atoms with E-state index < -0.39 is 12.0 Å². The molecule has 1 aliphatic heterocycles. The second kappa shape index (κ2) is 5.02. The maximum atomic E-state index is 12.3. The van der Waals surface area contributed by atoms with Crippen molar-refractivity contribution < 1.29 is 14.7 Å². The lowest BCUT2D eigenvalue weighted by atomic mass is 10.0. The number of nitrogens with zero attached hydrogens (tertiary/aromatic N) is 2. The van der Waals surface area contributed by atoms with E-state index in [9.17, 15) is 9.59 Å². The fraction of sp³-hybridized carbons (Fsp3) is 0.500. The van der Waals surface area contributed by atoms with Crippen molar-refractivity contribution in [3.8, 4) is 0 Å². The maximum absolute atomic E-state index is 12.3. The van der Waals surface area contributed by atoms with Crippen LogP contribution >= 0.6 is 11.6 Å². The number of aromatic nitrogens is 1. The number of aryl methyl sites for hydroxylation is 1. The minimum atomic E-state index is -0.941. The number of amides is 1. The SMILES string of the molecule is Cn1cc(Cl)cc1C(=O)N1CCCC[C@@H]1C(=O)O. The van der Waals surface area contributed by atoms with Gasteiger partial charge in [0.2, 0.25) is 0 Å². The molecule has 0 bridgehead atoms. The van der Waals surface area contributed by atoms with E-state index in [2.05, 4.69) is 0 Å². The number of hydrogen-bond acceptors (Lipinski definition) is 2. The third kappa shape index (κ3) is 2.36. The molecule has 1 aromatic rings. The first kappa shape index (κ1) is 13.0. The van der Waals surface area contributed by atoms with Gasteiger partial charge in [0.15, 0.2) is 0 Å². The Kier molecular flexibility index (Phi) is 3.61. The number of rotatable bonds is 2. The smallest absolute Gasteiger partial charge is 0.326 e. The van der Waals surface area contributed by atoms with Gasteiger partial charge in [0.25, 0.3) is 5.91 Å². The molecular weight excluding hydrogens is 256 g/mol. The fourth-order valence-corrected chi connectivity index (χ4v) is 2.57. The highest BCUT2D eigenvalue weighted by Gasteiger charge is 2.33. The summed E-state index contributed by atoms with van der Waals surface area (Å²) < 4.78 is 1.62. The molecule has 2 rings (SSSR count). The lowest BCUT2D eigenvalue weighted by molar-refractivity contribution is -0.143. The summed E-state index contributed by atoms with van der Waals surface area (Å²) >= 11 is 5.84. The Hall–Kier alpha value is -1.49. The quantitative estimate of drug-likeness (QED) is 0.891. The molecule has 1 fully saturated rings. The summed E-state index contributed by atoms with van der Waals surface area (Å²) in [6, 6.07) is 0.845. The van der Waals surface area contributed by atoms with E-state index in [0.29, 0.717) is 23.7 Å². The molecule has 0 unspecified atom stereocenters. The van der Waals surface area contributed by atoms with Crippen LogP contribution in [0.3, 0.4) is 0 Å². The number of likely N-dealkylation sites (tertiary alicyclic amines) is 1. The van der Waals surface area contributed by atoms with Crippen molar-refractivity contribution in [2.24, 2.45) is 7.05 Å². The Bertz CT molecular complexity index is 484. The predicted octanol–water partition coefficient (Wildman–Crippen LogP) is 1.76. The molecule has 18 heavy (non-hydrogen) atoms. The van der Waals surface area contributed by atoms with Gasteiger partial charge in [0, 0.05) is 19.8 Å². The average molecular weight is 271 g/mol. The van der Waals surface area contributed by atoms with Crippen LogP contribution in [0.1, 0.15) is 29.8 Å². The highest BCUT2D eigenvalue weighted by molar-refractivity contribution is 6.31. The fourth-order valence-electron chi connectivity index (χ4n) is 2.32. The number of piperidine rings is 1. The number of carboxylic acid groups (broad SMARTS) is 1. The van der Waals surface area contributed by atoms with E-state index in [-0.39, 0.29) is 5.91 Å². The van der Waals surface area contributed by atoms with Gasteiger partial charge >= 0.3 is 5.97 Å². The summed E-state index contributed by atoms with van der Waals surface area (Å²) in [7, 11) is 1.72. The molecular formula is C12H15ClN2O3. The van der Waals surface area contributed by atoms with Crippen LogP contribution in [-0.2, 0) is 11.8 Å². The first-order valence-corrected chi connectivity index (χ1v) is 6.24. The van der Waals surface area contributed by atoms with Crippen LogP contribution < -0.4 is 0 Å². The molecule has 2 heterocycles. The molecule has 0 saturated carbocycles. The van der Waals surface area contributed by atoms with Crippen molar-refractivity contribution in [3.63, 3.8) is 0 Å². The van der Waals surface area contributed by atoms with E-state index in [0.717, 1.165) is 12.8 Å². The Morgan fingerprint density at radius 3 is 2.72 bits per heavy atom. The molecule has 0 aliphatic carbocycles. The summed E-state index contributed by atoms with van der Waals surface area (Å²) in [5.41, 5.74) is 0.424. The van der Waals surface area contributed by atoms with Gasteiger partial charge in [-0.3, -0.25) is 4.79 Å². The molecule has 1 N–H and O–H groups in total. The first-order valence-electron chi connectivity index (χ1n) is 5.86. The van der Waals surface area contributed by atoms with Crippen LogP contribution in [0.5, 0.6) is 0 Å². The van der Waals surface area contributed by atoms with Gasteiger partial charge in [-0.05, 0) is 25.3 Å². The second-order valence-electron chi connectivity index (χ2n) is 4.50. The van der Waals surface area contributed by atoms with E-state index in [1.54, 1.807) is 23.9 Å². The number of halogens is 1. The normalized spacial score (nSPS) is 19.9. The van der Waals surface area contributed by atoms with Gasteiger partial charge in [-0.25, -0.2) is 4.79 Å². The molecule has 0 spiro atoms. The van der Waals surface area contributed by atoms with Crippen molar-refractivity contribution >= 4 is 23.5 Å². The molecule has 0 radical (unpaired) electrons. The van der Waals surface area contributed by atoms with Gasteiger partial charge < -0.3 is 14.6 Å². The van der Waals surface area contributed by atoms with Crippen molar-refractivity contribution in [3.05, 3.63) is 23.0 Å². The molecule has 1 aromatic heterocycles. The highest BCUT2D eigenvalue weighted by atomic mass is 35.5. The van der Waals surface area contributed by atoms with Crippen molar-refractivity contribution in [2.75, 3.05) is 6.54 Å². The van der Waals surface area contributed by atoms with Crippen LogP contribution in [0.4, 0.5) is 0 Å². The summed E-state index contributed by atoms with van der Waals surface area (Å²) in [6.07, 6.45) is 3.83. The van der Waals surface area contributed by atoms with Gasteiger partial charge in [-0.1, -0.05) is 11.6 Å².